The topological polar surface area (TPSA) is 29.5 Å². The van der Waals surface area contributed by atoms with Gasteiger partial charge in [0.05, 0.1) is 6.10 Å². The Bertz CT molecular complexity index is 186. The lowest BCUT2D eigenvalue weighted by atomic mass is 10.0. The van der Waals surface area contributed by atoms with E-state index in [-0.39, 0.29) is 12.0 Å². The fourth-order valence-corrected chi connectivity index (χ4v) is 1.60. The third-order valence-corrected chi connectivity index (χ3v) is 2.40. The maximum Gasteiger partial charge on any atom is 0.222 e. The molecule has 14 heavy (non-hydrogen) atoms. The normalized spacial score (nSPS) is 17.3. The van der Waals surface area contributed by atoms with Crippen molar-refractivity contribution in [3.8, 4) is 0 Å². The first-order valence-corrected chi connectivity index (χ1v) is 5.49. The van der Waals surface area contributed by atoms with Crippen molar-refractivity contribution in [1.29, 1.82) is 0 Å². The number of amides is 1. The van der Waals surface area contributed by atoms with Gasteiger partial charge in [0.1, 0.15) is 0 Å². The summed E-state index contributed by atoms with van der Waals surface area (Å²) < 4.78 is 5.37. The first kappa shape index (κ1) is 11.5. The summed E-state index contributed by atoms with van der Waals surface area (Å²) in [6.45, 7) is 8.80. The highest BCUT2D eigenvalue weighted by atomic mass is 16.5. The maximum atomic E-state index is 11.5. The minimum Gasteiger partial charge on any atom is -0.379 e. The highest BCUT2D eigenvalue weighted by Gasteiger charge is 2.26. The minimum absolute atomic E-state index is 0.272. The van der Waals surface area contributed by atoms with Crippen molar-refractivity contribution in [3.05, 3.63) is 0 Å². The van der Waals surface area contributed by atoms with Crippen molar-refractivity contribution >= 4 is 5.91 Å². The highest BCUT2D eigenvalue weighted by Crippen LogP contribution is 2.15. The molecule has 0 aromatic rings. The summed E-state index contributed by atoms with van der Waals surface area (Å²) in [6.07, 6.45) is 1.76. The number of carbonyl (C=O) groups is 1. The molecule has 3 nitrogen and oxygen atoms in total. The predicted octanol–water partition coefficient (Wildman–Crippen LogP) is 1.67. The Balaban J connectivity index is 1.99. The summed E-state index contributed by atoms with van der Waals surface area (Å²) >= 11 is 0. The molecule has 1 fully saturated rings. The van der Waals surface area contributed by atoms with Crippen LogP contribution >= 0.6 is 0 Å². The van der Waals surface area contributed by atoms with Crippen molar-refractivity contribution in [3.63, 3.8) is 0 Å². The van der Waals surface area contributed by atoms with Gasteiger partial charge in [0.25, 0.3) is 0 Å². The fourth-order valence-electron chi connectivity index (χ4n) is 1.60. The monoisotopic (exact) mass is 199 g/mol. The van der Waals surface area contributed by atoms with Crippen LogP contribution in [0.4, 0.5) is 0 Å². The first-order chi connectivity index (χ1) is 6.59. The Kier molecular flexibility index (Phi) is 4.39. The van der Waals surface area contributed by atoms with Crippen LogP contribution < -0.4 is 0 Å². The van der Waals surface area contributed by atoms with Gasteiger partial charge in [-0.25, -0.2) is 0 Å². The van der Waals surface area contributed by atoms with Crippen molar-refractivity contribution in [2.45, 2.75) is 39.7 Å². The highest BCUT2D eigenvalue weighted by molar-refractivity contribution is 5.76. The summed E-state index contributed by atoms with van der Waals surface area (Å²) in [5.41, 5.74) is 0. The molecule has 0 unspecified atom stereocenters. The second kappa shape index (κ2) is 5.35. The third kappa shape index (κ3) is 3.66. The summed E-state index contributed by atoms with van der Waals surface area (Å²) in [7, 11) is 0. The molecule has 82 valence electrons. The molecule has 1 rings (SSSR count). The molecule has 0 atom stereocenters. The number of nitrogens with zero attached hydrogens (tertiary/aromatic N) is 1. The van der Waals surface area contributed by atoms with Gasteiger partial charge in [-0.05, 0) is 26.2 Å². The van der Waals surface area contributed by atoms with Crippen molar-refractivity contribution in [1.82, 2.24) is 4.90 Å². The van der Waals surface area contributed by atoms with E-state index in [2.05, 4.69) is 6.92 Å². The standard InChI is InChI=1S/C11H21NO2/c1-9(2)14-6-4-5-11(13)12-7-10(3)8-12/h9-10H,4-8H2,1-3H3. The zero-order valence-electron chi connectivity index (χ0n) is 9.45. The van der Waals surface area contributed by atoms with Gasteiger partial charge in [-0.2, -0.15) is 0 Å². The zero-order valence-corrected chi connectivity index (χ0v) is 9.45. The quantitative estimate of drug-likeness (QED) is 0.630. The molecule has 0 aliphatic carbocycles. The molecule has 0 spiro atoms. The Hall–Kier alpha value is -0.570. The largest absolute Gasteiger partial charge is 0.379 e. The van der Waals surface area contributed by atoms with Crippen LogP contribution in [0.2, 0.25) is 0 Å². The molecule has 0 saturated carbocycles. The molecule has 0 bridgehead atoms. The number of hydrogen-bond donors (Lipinski definition) is 0. The van der Waals surface area contributed by atoms with Gasteiger partial charge < -0.3 is 9.64 Å². The van der Waals surface area contributed by atoms with E-state index >= 15 is 0 Å². The van der Waals surface area contributed by atoms with Crippen LogP contribution in [0.15, 0.2) is 0 Å². The van der Waals surface area contributed by atoms with Gasteiger partial charge >= 0.3 is 0 Å². The Labute approximate surface area is 86.4 Å². The lowest BCUT2D eigenvalue weighted by Gasteiger charge is -2.37. The molecule has 0 aromatic heterocycles. The van der Waals surface area contributed by atoms with E-state index in [1.54, 1.807) is 0 Å². The predicted molar refractivity (Wildman–Crippen MR) is 56.1 cm³/mol. The lowest BCUT2D eigenvalue weighted by Crippen LogP contribution is -2.48. The summed E-state index contributed by atoms with van der Waals surface area (Å²) in [5.74, 6) is 0.987. The van der Waals surface area contributed by atoms with Crippen molar-refractivity contribution < 1.29 is 9.53 Å². The van der Waals surface area contributed by atoms with Gasteiger partial charge in [0.2, 0.25) is 5.91 Å². The first-order valence-electron chi connectivity index (χ1n) is 5.49. The van der Waals surface area contributed by atoms with Crippen LogP contribution in [0, 0.1) is 5.92 Å². The molecular weight excluding hydrogens is 178 g/mol. The second-order valence-electron chi connectivity index (χ2n) is 4.43. The number of likely N-dealkylation sites (tertiary alicyclic amines) is 1. The van der Waals surface area contributed by atoms with Crippen molar-refractivity contribution in [2.75, 3.05) is 19.7 Å². The Morgan fingerprint density at radius 1 is 1.50 bits per heavy atom. The van der Waals surface area contributed by atoms with Crippen LogP contribution in [0.3, 0.4) is 0 Å². The molecule has 0 aromatic carbocycles. The number of carbonyl (C=O) groups excluding carboxylic acids is 1. The van der Waals surface area contributed by atoms with Crippen LogP contribution in [0.5, 0.6) is 0 Å². The SMILES string of the molecule is CC1CN(C(=O)CCCOC(C)C)C1. The molecule has 1 aliphatic heterocycles. The third-order valence-electron chi connectivity index (χ3n) is 2.40. The maximum absolute atomic E-state index is 11.5. The molecule has 1 saturated heterocycles. The molecular formula is C11H21NO2. The van der Waals surface area contributed by atoms with E-state index in [1.807, 2.05) is 18.7 Å². The molecule has 3 heteroatoms. The van der Waals surface area contributed by atoms with Crippen LogP contribution in [0.25, 0.3) is 0 Å². The number of hydrogen-bond acceptors (Lipinski definition) is 2. The summed E-state index contributed by atoms with van der Waals surface area (Å²) in [4.78, 5) is 13.4. The number of rotatable bonds is 5. The molecule has 1 heterocycles. The van der Waals surface area contributed by atoms with E-state index in [1.165, 1.54) is 0 Å². The van der Waals surface area contributed by atoms with Crippen molar-refractivity contribution in [2.24, 2.45) is 5.92 Å². The fraction of sp³-hybridized carbons (Fsp3) is 0.909. The molecule has 1 aliphatic rings. The van der Waals surface area contributed by atoms with Crippen LogP contribution in [-0.4, -0.2) is 36.6 Å². The van der Waals surface area contributed by atoms with Gasteiger partial charge in [0.15, 0.2) is 0 Å². The van der Waals surface area contributed by atoms with Gasteiger partial charge in [-0.1, -0.05) is 6.92 Å². The smallest absolute Gasteiger partial charge is 0.222 e. The van der Waals surface area contributed by atoms with Crippen LogP contribution in [0.1, 0.15) is 33.6 Å². The minimum atomic E-state index is 0.272. The van der Waals surface area contributed by atoms with Gasteiger partial charge in [-0.15, -0.1) is 0 Å². The second-order valence-corrected chi connectivity index (χ2v) is 4.43. The van der Waals surface area contributed by atoms with E-state index in [0.717, 1.165) is 19.5 Å². The van der Waals surface area contributed by atoms with E-state index in [4.69, 9.17) is 4.74 Å². The lowest BCUT2D eigenvalue weighted by molar-refractivity contribution is -0.137. The summed E-state index contributed by atoms with van der Waals surface area (Å²) in [5, 5.41) is 0. The molecule has 0 radical (unpaired) electrons. The van der Waals surface area contributed by atoms with E-state index in [0.29, 0.717) is 18.9 Å². The van der Waals surface area contributed by atoms with Gasteiger partial charge in [0, 0.05) is 26.1 Å². The Morgan fingerprint density at radius 3 is 2.64 bits per heavy atom. The average molecular weight is 199 g/mol. The average Bonchev–Trinajstić information content (AvgIpc) is 2.06. The Morgan fingerprint density at radius 2 is 2.14 bits per heavy atom. The van der Waals surface area contributed by atoms with Crippen LogP contribution in [-0.2, 0) is 9.53 Å². The molecule has 0 N–H and O–H groups in total. The van der Waals surface area contributed by atoms with E-state index < -0.39 is 0 Å². The number of ether oxygens (including phenoxy) is 1. The zero-order chi connectivity index (χ0) is 10.6. The van der Waals surface area contributed by atoms with Gasteiger partial charge in [-0.3, -0.25) is 4.79 Å². The molecule has 1 amide bonds. The van der Waals surface area contributed by atoms with E-state index in [9.17, 15) is 4.79 Å². The summed E-state index contributed by atoms with van der Waals surface area (Å²) in [6, 6.07) is 0.